The average Bonchev–Trinajstić information content (AvgIpc) is 2.08. The molecule has 0 atom stereocenters. The molecule has 7 heteroatoms. The molecular weight excluding hydrogens is 236 g/mol. The summed E-state index contributed by atoms with van der Waals surface area (Å²) >= 11 is 3.31. The Bertz CT molecular complexity index is 288. The number of hydrogen-bond donors (Lipinski definition) is 3. The predicted molar refractivity (Wildman–Crippen MR) is 54.9 cm³/mol. The molecule has 0 radical (unpaired) electrons. The molecule has 0 saturated carbocycles. The minimum atomic E-state index is 0.368. The van der Waals surface area contributed by atoms with E-state index in [1.807, 2.05) is 14.1 Å². The molecule has 0 bridgehead atoms. The van der Waals surface area contributed by atoms with Gasteiger partial charge in [0, 0.05) is 20.3 Å². The van der Waals surface area contributed by atoms with Gasteiger partial charge in [0.15, 0.2) is 5.82 Å². The van der Waals surface area contributed by atoms with Crippen molar-refractivity contribution in [2.75, 3.05) is 24.9 Å². The largest absolute Gasteiger partial charge is 0.303 e. The highest BCUT2D eigenvalue weighted by atomic mass is 79.9. The van der Waals surface area contributed by atoms with Gasteiger partial charge in [0.25, 0.3) is 0 Å². The van der Waals surface area contributed by atoms with Crippen LogP contribution in [-0.2, 0) is 0 Å². The van der Waals surface area contributed by atoms with Crippen LogP contribution in [0.5, 0.6) is 0 Å². The van der Waals surface area contributed by atoms with E-state index in [9.17, 15) is 0 Å². The van der Waals surface area contributed by atoms with E-state index >= 15 is 0 Å². The zero-order valence-corrected chi connectivity index (χ0v) is 8.96. The monoisotopic (exact) mass is 246 g/mol. The van der Waals surface area contributed by atoms with Crippen molar-refractivity contribution in [1.82, 2.24) is 15.0 Å². The fraction of sp³-hybridized carbons (Fsp3) is 0.333. The van der Waals surface area contributed by atoms with Gasteiger partial charge in [-0.25, -0.2) is 15.8 Å². The third-order valence-electron chi connectivity index (χ3n) is 1.20. The normalized spacial score (nSPS) is 10.2. The molecule has 6 nitrogen and oxygen atoms in total. The molecule has 0 fully saturated rings. The van der Waals surface area contributed by atoms with Gasteiger partial charge in [-0.1, -0.05) is 0 Å². The number of hydrazine groups is 2. The summed E-state index contributed by atoms with van der Waals surface area (Å²) in [5.41, 5.74) is 5.35. The number of nitrogens with one attached hydrogen (secondary N) is 2. The van der Waals surface area contributed by atoms with E-state index in [2.05, 4.69) is 36.7 Å². The van der Waals surface area contributed by atoms with Crippen LogP contribution in [0.25, 0.3) is 0 Å². The summed E-state index contributed by atoms with van der Waals surface area (Å²) in [5, 5.41) is 1.77. The molecule has 0 aliphatic rings. The van der Waals surface area contributed by atoms with Crippen molar-refractivity contribution in [2.45, 2.75) is 0 Å². The molecule has 1 heterocycles. The Kier molecular flexibility index (Phi) is 3.40. The second-order valence-corrected chi connectivity index (χ2v) is 3.40. The first-order valence-electron chi connectivity index (χ1n) is 3.56. The minimum absolute atomic E-state index is 0.368. The van der Waals surface area contributed by atoms with E-state index in [1.54, 1.807) is 11.2 Å². The van der Waals surface area contributed by atoms with E-state index in [4.69, 9.17) is 5.84 Å². The van der Waals surface area contributed by atoms with Crippen LogP contribution in [0.15, 0.2) is 10.7 Å². The summed E-state index contributed by atoms with van der Waals surface area (Å²) in [4.78, 5) is 8.00. The molecule has 0 aliphatic carbocycles. The number of halogens is 1. The number of anilines is 2. The van der Waals surface area contributed by atoms with Gasteiger partial charge in [-0.15, -0.1) is 0 Å². The second kappa shape index (κ2) is 4.35. The fourth-order valence-corrected chi connectivity index (χ4v) is 1.01. The van der Waals surface area contributed by atoms with Gasteiger partial charge in [0.2, 0.25) is 5.95 Å². The maximum absolute atomic E-state index is 5.17. The first kappa shape index (κ1) is 10.2. The SMILES string of the molecule is CN(C)Nc1nc(NN)ncc1Br. The number of nitrogens with zero attached hydrogens (tertiary/aromatic N) is 3. The van der Waals surface area contributed by atoms with Crippen LogP contribution in [0.2, 0.25) is 0 Å². The van der Waals surface area contributed by atoms with Crippen LogP contribution in [0.3, 0.4) is 0 Å². The Labute approximate surface area is 84.6 Å². The second-order valence-electron chi connectivity index (χ2n) is 2.54. The number of rotatable bonds is 3. The van der Waals surface area contributed by atoms with E-state index in [1.165, 1.54) is 0 Å². The summed E-state index contributed by atoms with van der Waals surface area (Å²) in [5.74, 6) is 6.20. The topological polar surface area (TPSA) is 79.1 Å². The summed E-state index contributed by atoms with van der Waals surface area (Å²) in [7, 11) is 3.73. The van der Waals surface area contributed by atoms with Crippen molar-refractivity contribution in [3.8, 4) is 0 Å². The number of hydrogen-bond acceptors (Lipinski definition) is 6. The van der Waals surface area contributed by atoms with E-state index < -0.39 is 0 Å². The molecule has 1 aromatic heterocycles. The van der Waals surface area contributed by atoms with Crippen LogP contribution in [0, 0.1) is 0 Å². The Morgan fingerprint density at radius 2 is 2.23 bits per heavy atom. The molecule has 1 rings (SSSR count). The molecule has 0 amide bonds. The molecule has 0 aliphatic heterocycles. The first-order chi connectivity index (χ1) is 6.13. The number of aromatic nitrogens is 2. The lowest BCUT2D eigenvalue weighted by Gasteiger charge is -2.13. The summed E-state index contributed by atoms with van der Waals surface area (Å²) in [6, 6.07) is 0. The van der Waals surface area contributed by atoms with Crippen molar-refractivity contribution >= 4 is 27.7 Å². The average molecular weight is 247 g/mol. The van der Waals surface area contributed by atoms with Crippen molar-refractivity contribution < 1.29 is 0 Å². The van der Waals surface area contributed by atoms with E-state index in [0.717, 1.165) is 4.47 Å². The minimum Gasteiger partial charge on any atom is -0.303 e. The smallest absolute Gasteiger partial charge is 0.239 e. The van der Waals surface area contributed by atoms with Gasteiger partial charge in [0.05, 0.1) is 4.47 Å². The molecule has 0 aromatic carbocycles. The highest BCUT2D eigenvalue weighted by molar-refractivity contribution is 9.10. The molecule has 72 valence electrons. The van der Waals surface area contributed by atoms with Gasteiger partial charge in [-0.3, -0.25) is 5.43 Å². The van der Waals surface area contributed by atoms with Crippen molar-refractivity contribution in [3.05, 3.63) is 10.7 Å². The third-order valence-corrected chi connectivity index (χ3v) is 1.78. The summed E-state index contributed by atoms with van der Waals surface area (Å²) in [6.45, 7) is 0. The number of nitrogen functional groups attached to an aromatic ring is 1. The predicted octanol–water partition coefficient (Wildman–Crippen LogP) is 0.413. The van der Waals surface area contributed by atoms with Crippen LogP contribution < -0.4 is 16.7 Å². The van der Waals surface area contributed by atoms with Gasteiger partial charge >= 0.3 is 0 Å². The lowest BCUT2D eigenvalue weighted by atomic mass is 10.6. The molecule has 1 aromatic rings. The molecule has 4 N–H and O–H groups in total. The van der Waals surface area contributed by atoms with Crippen molar-refractivity contribution in [3.63, 3.8) is 0 Å². The Morgan fingerprint density at radius 1 is 1.54 bits per heavy atom. The maximum Gasteiger partial charge on any atom is 0.239 e. The quantitative estimate of drug-likeness (QED) is 0.530. The lowest BCUT2D eigenvalue weighted by molar-refractivity contribution is 0.491. The van der Waals surface area contributed by atoms with Gasteiger partial charge in [-0.2, -0.15) is 4.98 Å². The lowest BCUT2D eigenvalue weighted by Crippen LogP contribution is -2.21. The van der Waals surface area contributed by atoms with Gasteiger partial charge in [-0.05, 0) is 15.9 Å². The maximum atomic E-state index is 5.17. The van der Waals surface area contributed by atoms with Crippen LogP contribution >= 0.6 is 15.9 Å². The summed E-state index contributed by atoms with van der Waals surface area (Å²) < 4.78 is 0.778. The fourth-order valence-electron chi connectivity index (χ4n) is 0.727. The zero-order valence-electron chi connectivity index (χ0n) is 7.37. The highest BCUT2D eigenvalue weighted by Crippen LogP contribution is 2.19. The van der Waals surface area contributed by atoms with Crippen LogP contribution in [0.4, 0.5) is 11.8 Å². The zero-order chi connectivity index (χ0) is 9.84. The van der Waals surface area contributed by atoms with Gasteiger partial charge < -0.3 is 5.43 Å². The van der Waals surface area contributed by atoms with Crippen molar-refractivity contribution in [2.24, 2.45) is 5.84 Å². The molecule has 0 saturated heterocycles. The first-order valence-corrected chi connectivity index (χ1v) is 4.36. The standard InChI is InChI=1S/C6H11BrN6/c1-13(2)12-5-4(7)3-9-6(10-5)11-8/h3H,8H2,1-2H3,(H2,9,10,11,12). The number of nitrogens with two attached hydrogens (primary N) is 1. The Balaban J connectivity index is 2.90. The third kappa shape index (κ3) is 2.79. The molecule has 13 heavy (non-hydrogen) atoms. The van der Waals surface area contributed by atoms with E-state index in [-0.39, 0.29) is 0 Å². The Morgan fingerprint density at radius 3 is 2.77 bits per heavy atom. The molecule has 0 spiro atoms. The van der Waals surface area contributed by atoms with Crippen molar-refractivity contribution in [1.29, 1.82) is 0 Å². The van der Waals surface area contributed by atoms with Gasteiger partial charge in [0.1, 0.15) is 0 Å². The Hall–Kier alpha value is -0.920. The van der Waals surface area contributed by atoms with E-state index in [0.29, 0.717) is 11.8 Å². The molecular formula is C6H11BrN6. The summed E-state index contributed by atoms with van der Waals surface area (Å²) in [6.07, 6.45) is 1.62. The van der Waals surface area contributed by atoms with Crippen LogP contribution in [-0.4, -0.2) is 29.1 Å². The van der Waals surface area contributed by atoms with Crippen LogP contribution in [0.1, 0.15) is 0 Å². The molecule has 0 unspecified atom stereocenters. The highest BCUT2D eigenvalue weighted by Gasteiger charge is 2.03.